The molecule has 6 nitrogen and oxygen atoms in total. The molecular weight excluding hydrogens is 257 g/mol. The summed E-state index contributed by atoms with van der Waals surface area (Å²) in [4.78, 5) is 0. The van der Waals surface area contributed by atoms with Crippen molar-refractivity contribution in [2.24, 2.45) is 0 Å². The Kier molecular flexibility index (Phi) is 4.24. The van der Waals surface area contributed by atoms with Crippen LogP contribution >= 0.6 is 7.75 Å². The molecule has 0 bridgehead atoms. The number of ether oxygens (including phenoxy) is 2. The van der Waals surface area contributed by atoms with Crippen molar-refractivity contribution in [1.82, 2.24) is 5.09 Å². The van der Waals surface area contributed by atoms with Gasteiger partial charge in [-0.1, -0.05) is 6.07 Å². The zero-order chi connectivity index (χ0) is 13.0. The molecule has 18 heavy (non-hydrogen) atoms. The van der Waals surface area contributed by atoms with Crippen LogP contribution in [0.1, 0.15) is 5.56 Å². The Balaban J connectivity index is 1.89. The molecule has 0 saturated carbocycles. The fourth-order valence-corrected chi connectivity index (χ4v) is 2.43. The summed E-state index contributed by atoms with van der Waals surface area (Å²) >= 11 is 0. The van der Waals surface area contributed by atoms with E-state index >= 15 is 0 Å². The predicted molar refractivity (Wildman–Crippen MR) is 65.9 cm³/mol. The first kappa shape index (κ1) is 13.4. The fraction of sp³-hybridized carbons (Fsp3) is 0.455. The maximum absolute atomic E-state index is 11.7. The molecule has 0 fully saturated rings. The van der Waals surface area contributed by atoms with E-state index in [2.05, 4.69) is 5.09 Å². The van der Waals surface area contributed by atoms with Gasteiger partial charge in [0.25, 0.3) is 0 Å². The first-order chi connectivity index (χ1) is 8.67. The van der Waals surface area contributed by atoms with E-state index in [9.17, 15) is 4.57 Å². The molecule has 1 heterocycles. The van der Waals surface area contributed by atoms with Crippen LogP contribution in [0, 0.1) is 0 Å². The number of rotatable bonds is 6. The van der Waals surface area contributed by atoms with Gasteiger partial charge < -0.3 is 18.5 Å². The fourth-order valence-electron chi connectivity index (χ4n) is 1.64. The third-order valence-corrected chi connectivity index (χ3v) is 4.21. The SMILES string of the molecule is COP(=O)(NCCc1ccc2c(c1)OCO2)OC. The highest BCUT2D eigenvalue weighted by Crippen LogP contribution is 2.41. The molecule has 1 aromatic carbocycles. The van der Waals surface area contributed by atoms with Crippen LogP contribution < -0.4 is 14.6 Å². The topological polar surface area (TPSA) is 66.0 Å². The molecule has 0 aliphatic carbocycles. The van der Waals surface area contributed by atoms with Crippen molar-refractivity contribution >= 4 is 7.75 Å². The lowest BCUT2D eigenvalue weighted by Gasteiger charge is -2.14. The van der Waals surface area contributed by atoms with Gasteiger partial charge in [0.2, 0.25) is 6.79 Å². The van der Waals surface area contributed by atoms with Crippen LogP contribution in [0.5, 0.6) is 11.5 Å². The minimum atomic E-state index is -3.14. The molecule has 1 aromatic rings. The average molecular weight is 273 g/mol. The summed E-state index contributed by atoms with van der Waals surface area (Å²) in [6.07, 6.45) is 0.688. The summed E-state index contributed by atoms with van der Waals surface area (Å²) < 4.78 is 31.8. The Morgan fingerprint density at radius 2 is 2.00 bits per heavy atom. The van der Waals surface area contributed by atoms with Crippen LogP contribution in [0.3, 0.4) is 0 Å². The van der Waals surface area contributed by atoms with Gasteiger partial charge in [0, 0.05) is 20.8 Å². The first-order valence-corrected chi connectivity index (χ1v) is 7.06. The van der Waals surface area contributed by atoms with Gasteiger partial charge in [-0.15, -0.1) is 0 Å². The Hall–Kier alpha value is -1.07. The molecule has 0 unspecified atom stereocenters. The van der Waals surface area contributed by atoms with Gasteiger partial charge in [0.1, 0.15) is 0 Å². The van der Waals surface area contributed by atoms with Gasteiger partial charge in [0.15, 0.2) is 11.5 Å². The van der Waals surface area contributed by atoms with E-state index in [4.69, 9.17) is 18.5 Å². The van der Waals surface area contributed by atoms with Crippen LogP contribution in [0.15, 0.2) is 18.2 Å². The molecule has 7 heteroatoms. The minimum Gasteiger partial charge on any atom is -0.454 e. The van der Waals surface area contributed by atoms with Crippen LogP contribution in [-0.4, -0.2) is 27.6 Å². The van der Waals surface area contributed by atoms with Crippen LogP contribution in [-0.2, 0) is 20.0 Å². The molecule has 0 amide bonds. The number of hydrogen-bond acceptors (Lipinski definition) is 5. The molecule has 0 spiro atoms. The van der Waals surface area contributed by atoms with Crippen LogP contribution in [0.4, 0.5) is 0 Å². The summed E-state index contributed by atoms with van der Waals surface area (Å²) in [6.45, 7) is 0.748. The summed E-state index contributed by atoms with van der Waals surface area (Å²) in [7, 11) is -0.450. The largest absolute Gasteiger partial charge is 0.454 e. The van der Waals surface area contributed by atoms with Gasteiger partial charge in [0.05, 0.1) is 0 Å². The number of nitrogens with one attached hydrogen (secondary N) is 1. The zero-order valence-corrected chi connectivity index (χ0v) is 11.2. The molecule has 1 N–H and O–H groups in total. The summed E-state index contributed by atoms with van der Waals surface area (Å²) in [5, 5.41) is 2.75. The normalized spacial score (nSPS) is 13.9. The Bertz CT molecular complexity index is 457. The van der Waals surface area contributed by atoms with E-state index < -0.39 is 7.75 Å². The molecular formula is C11H16NO5P. The van der Waals surface area contributed by atoms with Gasteiger partial charge >= 0.3 is 7.75 Å². The van der Waals surface area contributed by atoms with E-state index in [0.717, 1.165) is 17.1 Å². The lowest BCUT2D eigenvalue weighted by molar-refractivity contribution is 0.174. The Labute approximate surface area is 106 Å². The maximum Gasteiger partial charge on any atom is 0.404 e. The predicted octanol–water partition coefficient (Wildman–Crippen LogP) is 1.95. The zero-order valence-electron chi connectivity index (χ0n) is 10.3. The third kappa shape index (κ3) is 3.03. The molecule has 0 aromatic heterocycles. The minimum absolute atomic E-state index is 0.263. The second kappa shape index (κ2) is 5.71. The summed E-state index contributed by atoms with van der Waals surface area (Å²) in [5.74, 6) is 1.50. The second-order valence-corrected chi connectivity index (χ2v) is 5.75. The molecule has 100 valence electrons. The quantitative estimate of drug-likeness (QED) is 0.799. The standard InChI is InChI=1S/C11H16NO5P/c1-14-18(13,15-2)12-6-5-9-3-4-10-11(7-9)17-8-16-10/h3-4,7H,5-6,8H2,1-2H3,(H,12,13). The highest BCUT2D eigenvalue weighted by atomic mass is 31.2. The summed E-state index contributed by atoms with van der Waals surface area (Å²) in [5.41, 5.74) is 1.06. The Morgan fingerprint density at radius 3 is 2.72 bits per heavy atom. The van der Waals surface area contributed by atoms with Gasteiger partial charge in [-0.05, 0) is 24.1 Å². The molecule has 0 saturated heterocycles. The van der Waals surface area contributed by atoms with Crippen molar-refractivity contribution in [2.45, 2.75) is 6.42 Å². The molecule has 0 atom stereocenters. The van der Waals surface area contributed by atoms with E-state index in [-0.39, 0.29) is 6.79 Å². The van der Waals surface area contributed by atoms with Crippen molar-refractivity contribution in [3.63, 3.8) is 0 Å². The first-order valence-electron chi connectivity index (χ1n) is 5.52. The van der Waals surface area contributed by atoms with Crippen molar-refractivity contribution in [3.8, 4) is 11.5 Å². The lowest BCUT2D eigenvalue weighted by atomic mass is 10.1. The smallest absolute Gasteiger partial charge is 0.404 e. The number of fused-ring (bicyclic) bond motifs is 1. The number of hydrogen-bond donors (Lipinski definition) is 1. The van der Waals surface area contributed by atoms with Crippen molar-refractivity contribution in [3.05, 3.63) is 23.8 Å². The van der Waals surface area contributed by atoms with E-state index in [1.807, 2.05) is 18.2 Å². The van der Waals surface area contributed by atoms with Crippen LogP contribution in [0.25, 0.3) is 0 Å². The van der Waals surface area contributed by atoms with E-state index in [0.29, 0.717) is 13.0 Å². The molecule has 0 radical (unpaired) electrons. The summed E-state index contributed by atoms with van der Waals surface area (Å²) in [6, 6.07) is 5.72. The van der Waals surface area contributed by atoms with Gasteiger partial charge in [-0.3, -0.25) is 0 Å². The molecule has 2 rings (SSSR count). The third-order valence-electron chi connectivity index (χ3n) is 2.64. The van der Waals surface area contributed by atoms with Crippen LogP contribution in [0.2, 0.25) is 0 Å². The maximum atomic E-state index is 11.7. The monoisotopic (exact) mass is 273 g/mol. The average Bonchev–Trinajstić information content (AvgIpc) is 2.86. The molecule has 1 aliphatic rings. The second-order valence-electron chi connectivity index (χ2n) is 3.71. The molecule has 1 aliphatic heterocycles. The van der Waals surface area contributed by atoms with E-state index in [1.54, 1.807) is 0 Å². The highest BCUT2D eigenvalue weighted by Gasteiger charge is 2.19. The van der Waals surface area contributed by atoms with Gasteiger partial charge in [-0.25, -0.2) is 9.65 Å². The van der Waals surface area contributed by atoms with Crippen molar-refractivity contribution < 1.29 is 23.1 Å². The number of benzene rings is 1. The van der Waals surface area contributed by atoms with Crippen molar-refractivity contribution in [2.75, 3.05) is 27.6 Å². The Morgan fingerprint density at radius 1 is 1.28 bits per heavy atom. The van der Waals surface area contributed by atoms with Gasteiger partial charge in [-0.2, -0.15) is 0 Å². The highest BCUT2D eigenvalue weighted by molar-refractivity contribution is 7.51. The van der Waals surface area contributed by atoms with E-state index in [1.165, 1.54) is 14.2 Å². The van der Waals surface area contributed by atoms with Crippen molar-refractivity contribution in [1.29, 1.82) is 0 Å². The lowest BCUT2D eigenvalue weighted by Crippen LogP contribution is -2.16.